The molecule has 0 saturated heterocycles. The molecule has 0 amide bonds. The Labute approximate surface area is 208 Å². The van der Waals surface area contributed by atoms with Gasteiger partial charge in [0.25, 0.3) is 0 Å². The van der Waals surface area contributed by atoms with E-state index < -0.39 is 22.0 Å². The zero-order valence-electron chi connectivity index (χ0n) is 21.7. The van der Waals surface area contributed by atoms with Crippen molar-refractivity contribution >= 4 is 22.2 Å². The Balaban J connectivity index is 1.59. The molecule has 0 radical (unpaired) electrons. The standard InChI is InChI=1S/C30H40O2Si2/c1-30(2,32-34(5,6)24-27-15-11-8-12-16-27)29(31)28-19-17-25(18-20-28)21-22-33(3,4)23-26-13-9-7-10-14-26/h7-20H,21-24H2,1-6H3. The van der Waals surface area contributed by atoms with Crippen LogP contribution in [-0.4, -0.2) is 27.8 Å². The van der Waals surface area contributed by atoms with E-state index in [1.54, 1.807) is 0 Å². The lowest BCUT2D eigenvalue weighted by Crippen LogP contribution is -2.47. The highest BCUT2D eigenvalue weighted by Crippen LogP contribution is 2.26. The molecule has 3 rings (SSSR count). The lowest BCUT2D eigenvalue weighted by molar-refractivity contribution is 0.0551. The number of carbonyl (C=O) groups is 1. The molecule has 0 fully saturated rings. The van der Waals surface area contributed by atoms with Crippen molar-refractivity contribution in [1.82, 2.24) is 0 Å². The third-order valence-electron chi connectivity index (χ3n) is 6.38. The van der Waals surface area contributed by atoms with Crippen LogP contribution in [0, 0.1) is 0 Å². The van der Waals surface area contributed by atoms with Crippen molar-refractivity contribution in [3.63, 3.8) is 0 Å². The minimum Gasteiger partial charge on any atom is -0.405 e. The Morgan fingerprint density at radius 1 is 0.706 bits per heavy atom. The number of benzene rings is 3. The van der Waals surface area contributed by atoms with Crippen LogP contribution < -0.4 is 0 Å². The summed E-state index contributed by atoms with van der Waals surface area (Å²) in [5.74, 6) is 0.0615. The average molecular weight is 489 g/mol. The molecule has 0 saturated carbocycles. The van der Waals surface area contributed by atoms with Gasteiger partial charge in [-0.25, -0.2) is 0 Å². The fourth-order valence-corrected chi connectivity index (χ4v) is 10.00. The molecule has 0 aromatic heterocycles. The summed E-state index contributed by atoms with van der Waals surface area (Å²) in [6.45, 7) is 13.2. The van der Waals surface area contributed by atoms with E-state index in [0.717, 1.165) is 18.0 Å². The van der Waals surface area contributed by atoms with Gasteiger partial charge in [-0.05, 0) is 56.6 Å². The highest BCUT2D eigenvalue weighted by Gasteiger charge is 2.37. The van der Waals surface area contributed by atoms with Crippen LogP contribution in [0.25, 0.3) is 0 Å². The molecule has 34 heavy (non-hydrogen) atoms. The predicted molar refractivity (Wildman–Crippen MR) is 150 cm³/mol. The number of hydrogen-bond donors (Lipinski definition) is 0. The van der Waals surface area contributed by atoms with Crippen molar-refractivity contribution in [1.29, 1.82) is 0 Å². The van der Waals surface area contributed by atoms with Gasteiger partial charge in [-0.3, -0.25) is 4.79 Å². The number of Topliss-reactive ketones (excluding diaryl/α,β-unsaturated/α-hetero) is 1. The number of aryl methyl sites for hydroxylation is 1. The minimum absolute atomic E-state index is 0.0615. The second kappa shape index (κ2) is 11.0. The molecule has 2 nitrogen and oxygen atoms in total. The summed E-state index contributed by atoms with van der Waals surface area (Å²) >= 11 is 0. The lowest BCUT2D eigenvalue weighted by Gasteiger charge is -2.34. The van der Waals surface area contributed by atoms with Crippen molar-refractivity contribution in [3.05, 3.63) is 107 Å². The molecule has 0 N–H and O–H groups in total. The van der Waals surface area contributed by atoms with E-state index in [9.17, 15) is 4.79 Å². The van der Waals surface area contributed by atoms with Crippen LogP contribution in [0.15, 0.2) is 84.9 Å². The van der Waals surface area contributed by atoms with Gasteiger partial charge >= 0.3 is 0 Å². The first-order valence-electron chi connectivity index (χ1n) is 12.4. The Kier molecular flexibility index (Phi) is 8.50. The summed E-state index contributed by atoms with van der Waals surface area (Å²) in [5, 5.41) is 0. The molecule has 0 atom stereocenters. The third-order valence-corrected chi connectivity index (χ3v) is 11.7. The quantitative estimate of drug-likeness (QED) is 0.204. The molecule has 0 aliphatic heterocycles. The van der Waals surface area contributed by atoms with E-state index in [4.69, 9.17) is 4.43 Å². The van der Waals surface area contributed by atoms with Crippen LogP contribution in [0.3, 0.4) is 0 Å². The van der Waals surface area contributed by atoms with Crippen molar-refractivity contribution in [2.24, 2.45) is 0 Å². The topological polar surface area (TPSA) is 26.3 Å². The van der Waals surface area contributed by atoms with Gasteiger partial charge in [-0.2, -0.15) is 0 Å². The second-order valence-corrected chi connectivity index (χ2v) is 20.6. The summed E-state index contributed by atoms with van der Waals surface area (Å²) in [6, 6.07) is 32.8. The number of rotatable bonds is 11. The Hall–Kier alpha value is -2.28. The van der Waals surface area contributed by atoms with Gasteiger partial charge in [0, 0.05) is 5.56 Å². The van der Waals surface area contributed by atoms with Crippen molar-refractivity contribution in [3.8, 4) is 0 Å². The van der Waals surface area contributed by atoms with Gasteiger partial charge < -0.3 is 4.43 Å². The normalized spacial score (nSPS) is 12.5. The molecule has 0 spiro atoms. The molecule has 0 bridgehead atoms. The van der Waals surface area contributed by atoms with Crippen LogP contribution in [0.4, 0.5) is 0 Å². The van der Waals surface area contributed by atoms with Crippen molar-refractivity contribution in [2.45, 2.75) is 70.2 Å². The van der Waals surface area contributed by atoms with E-state index in [0.29, 0.717) is 0 Å². The maximum absolute atomic E-state index is 13.3. The van der Waals surface area contributed by atoms with E-state index >= 15 is 0 Å². The first-order valence-corrected chi connectivity index (χ1v) is 18.9. The molecular weight excluding hydrogens is 449 g/mol. The maximum atomic E-state index is 13.3. The van der Waals surface area contributed by atoms with Crippen LogP contribution in [-0.2, 0) is 22.9 Å². The Morgan fingerprint density at radius 2 is 1.21 bits per heavy atom. The Morgan fingerprint density at radius 3 is 1.74 bits per heavy atom. The van der Waals surface area contributed by atoms with Crippen LogP contribution in [0.2, 0.25) is 32.2 Å². The van der Waals surface area contributed by atoms with Gasteiger partial charge in [-0.1, -0.05) is 110 Å². The molecule has 180 valence electrons. The molecule has 4 heteroatoms. The molecule has 0 unspecified atom stereocenters. The predicted octanol–water partition coefficient (Wildman–Crippen LogP) is 7.68. The summed E-state index contributed by atoms with van der Waals surface area (Å²) < 4.78 is 6.52. The summed E-state index contributed by atoms with van der Waals surface area (Å²) in [6.07, 6.45) is 1.07. The Bertz CT molecular complexity index is 1060. The molecule has 0 aliphatic carbocycles. The number of carbonyl (C=O) groups excluding carboxylic acids is 1. The minimum atomic E-state index is -2.07. The monoisotopic (exact) mass is 488 g/mol. The van der Waals surface area contributed by atoms with E-state index in [2.05, 4.69) is 92.9 Å². The number of hydrogen-bond acceptors (Lipinski definition) is 2. The molecule has 3 aromatic rings. The van der Waals surface area contributed by atoms with Gasteiger partial charge in [0.1, 0.15) is 5.60 Å². The first-order chi connectivity index (χ1) is 16.0. The van der Waals surface area contributed by atoms with Gasteiger partial charge in [0.2, 0.25) is 0 Å². The zero-order valence-corrected chi connectivity index (χ0v) is 23.7. The van der Waals surface area contributed by atoms with Gasteiger partial charge in [-0.15, -0.1) is 0 Å². The van der Waals surface area contributed by atoms with Crippen molar-refractivity contribution < 1.29 is 9.22 Å². The summed E-state index contributed by atoms with van der Waals surface area (Å²) in [5.41, 5.74) is 3.92. The van der Waals surface area contributed by atoms with Crippen LogP contribution in [0.1, 0.15) is 40.9 Å². The summed E-state index contributed by atoms with van der Waals surface area (Å²) in [7, 11) is -3.40. The highest BCUT2D eigenvalue weighted by molar-refractivity contribution is 6.76. The van der Waals surface area contributed by atoms with Gasteiger partial charge in [0.15, 0.2) is 14.1 Å². The average Bonchev–Trinajstić information content (AvgIpc) is 2.77. The lowest BCUT2D eigenvalue weighted by atomic mass is 9.96. The SMILES string of the molecule is CC(C)(O[Si](C)(C)Cc1ccccc1)C(=O)c1ccc(CC[Si](C)(C)Cc2ccccc2)cc1. The van der Waals surface area contributed by atoms with E-state index in [-0.39, 0.29) is 5.78 Å². The fourth-order valence-electron chi connectivity index (χ4n) is 4.75. The number of ketones is 1. The third kappa shape index (κ3) is 7.90. The van der Waals surface area contributed by atoms with Gasteiger partial charge in [0.05, 0.1) is 8.07 Å². The second-order valence-electron chi connectivity index (χ2n) is 11.4. The molecule has 0 heterocycles. The smallest absolute Gasteiger partial charge is 0.192 e. The first kappa shape index (κ1) is 26.3. The fraction of sp³-hybridized carbons (Fsp3) is 0.367. The van der Waals surface area contributed by atoms with Crippen molar-refractivity contribution in [2.75, 3.05) is 0 Å². The van der Waals surface area contributed by atoms with E-state index in [1.165, 1.54) is 28.8 Å². The molecule has 3 aromatic carbocycles. The molecule has 0 aliphatic rings. The van der Waals surface area contributed by atoms with E-state index in [1.807, 2.05) is 32.0 Å². The van der Waals surface area contributed by atoms with Crippen LogP contribution in [0.5, 0.6) is 0 Å². The largest absolute Gasteiger partial charge is 0.405 e. The zero-order chi connectivity index (χ0) is 24.8. The molecular formula is C30H40O2Si2. The maximum Gasteiger partial charge on any atom is 0.192 e. The van der Waals surface area contributed by atoms with Crippen LogP contribution >= 0.6 is 0 Å². The highest BCUT2D eigenvalue weighted by atomic mass is 28.4. The summed E-state index contributed by atoms with van der Waals surface area (Å²) in [4.78, 5) is 13.3.